The third-order valence-corrected chi connectivity index (χ3v) is 4.47. The third kappa shape index (κ3) is 2.02. The van der Waals surface area contributed by atoms with Gasteiger partial charge in [-0.15, -0.1) is 10.2 Å². The standard InChI is InChI=1S/C15H19N5/c1-11(13-3-2-6-16-9-13)19-7-8-20-14(10-19)17-18-15(20)12-4-5-12/h2-3,6,9,11-12H,4-5,7-8,10H2,1H3. The molecule has 0 spiro atoms. The predicted octanol–water partition coefficient (Wildman–Crippen LogP) is 2.13. The maximum Gasteiger partial charge on any atom is 0.147 e. The van der Waals surface area contributed by atoms with Crippen LogP contribution in [0.2, 0.25) is 0 Å². The van der Waals surface area contributed by atoms with Crippen LogP contribution in [0, 0.1) is 0 Å². The fraction of sp³-hybridized carbons (Fsp3) is 0.533. The molecule has 1 fully saturated rings. The Balaban J connectivity index is 1.55. The van der Waals surface area contributed by atoms with Gasteiger partial charge in [-0.25, -0.2) is 0 Å². The lowest BCUT2D eigenvalue weighted by molar-refractivity contribution is 0.162. The quantitative estimate of drug-likeness (QED) is 0.856. The minimum atomic E-state index is 0.374. The van der Waals surface area contributed by atoms with Crippen molar-refractivity contribution < 1.29 is 0 Å². The molecule has 0 amide bonds. The van der Waals surface area contributed by atoms with Gasteiger partial charge in [0.1, 0.15) is 11.6 Å². The second-order valence-electron chi connectivity index (χ2n) is 5.83. The predicted molar refractivity (Wildman–Crippen MR) is 75.1 cm³/mol. The van der Waals surface area contributed by atoms with Gasteiger partial charge in [0.05, 0.1) is 6.54 Å². The molecule has 1 unspecified atom stereocenters. The zero-order valence-electron chi connectivity index (χ0n) is 11.7. The minimum Gasteiger partial charge on any atom is -0.312 e. The van der Waals surface area contributed by atoms with Crippen LogP contribution in [0.1, 0.15) is 48.9 Å². The van der Waals surface area contributed by atoms with Crippen LogP contribution in [-0.2, 0) is 13.1 Å². The fourth-order valence-corrected chi connectivity index (χ4v) is 3.01. The number of rotatable bonds is 3. The Morgan fingerprint density at radius 2 is 2.15 bits per heavy atom. The molecule has 2 aromatic heterocycles. The second-order valence-corrected chi connectivity index (χ2v) is 5.83. The van der Waals surface area contributed by atoms with Crippen LogP contribution >= 0.6 is 0 Å². The number of pyridine rings is 1. The van der Waals surface area contributed by atoms with Gasteiger partial charge in [0.25, 0.3) is 0 Å². The van der Waals surface area contributed by atoms with E-state index in [4.69, 9.17) is 0 Å². The molecular formula is C15H19N5. The van der Waals surface area contributed by atoms with Gasteiger partial charge in [0.15, 0.2) is 0 Å². The average Bonchev–Trinajstić information content (AvgIpc) is 3.26. The average molecular weight is 269 g/mol. The lowest BCUT2D eigenvalue weighted by Gasteiger charge is -2.32. The minimum absolute atomic E-state index is 0.374. The smallest absolute Gasteiger partial charge is 0.147 e. The van der Waals surface area contributed by atoms with Gasteiger partial charge in [0.2, 0.25) is 0 Å². The number of nitrogens with zero attached hydrogens (tertiary/aromatic N) is 5. The van der Waals surface area contributed by atoms with Gasteiger partial charge >= 0.3 is 0 Å². The van der Waals surface area contributed by atoms with Crippen molar-refractivity contribution in [3.05, 3.63) is 41.7 Å². The van der Waals surface area contributed by atoms with Gasteiger partial charge in [-0.1, -0.05) is 6.07 Å². The molecule has 0 radical (unpaired) electrons. The summed E-state index contributed by atoms with van der Waals surface area (Å²) in [5.74, 6) is 3.01. The molecule has 2 aromatic rings. The largest absolute Gasteiger partial charge is 0.312 e. The van der Waals surface area contributed by atoms with E-state index in [1.165, 1.54) is 24.2 Å². The van der Waals surface area contributed by atoms with Crippen molar-refractivity contribution in [2.45, 2.75) is 44.8 Å². The first-order valence-corrected chi connectivity index (χ1v) is 7.39. The molecular weight excluding hydrogens is 250 g/mol. The Morgan fingerprint density at radius 3 is 2.90 bits per heavy atom. The van der Waals surface area contributed by atoms with E-state index in [-0.39, 0.29) is 0 Å². The maximum atomic E-state index is 4.40. The zero-order chi connectivity index (χ0) is 13.5. The molecule has 1 aliphatic carbocycles. The summed E-state index contributed by atoms with van der Waals surface area (Å²) < 4.78 is 2.34. The summed E-state index contributed by atoms with van der Waals surface area (Å²) in [6.07, 6.45) is 6.35. The number of hydrogen-bond donors (Lipinski definition) is 0. The van der Waals surface area contributed by atoms with Crippen LogP contribution in [0.4, 0.5) is 0 Å². The SMILES string of the molecule is CC(c1cccnc1)N1CCn2c(nnc2C2CC2)C1. The van der Waals surface area contributed by atoms with Crippen molar-refractivity contribution >= 4 is 0 Å². The summed E-state index contributed by atoms with van der Waals surface area (Å²) in [6.45, 7) is 5.19. The summed E-state index contributed by atoms with van der Waals surface area (Å²) in [7, 11) is 0. The topological polar surface area (TPSA) is 46.8 Å². The highest BCUT2D eigenvalue weighted by Crippen LogP contribution is 2.39. The molecule has 0 N–H and O–H groups in total. The lowest BCUT2D eigenvalue weighted by atomic mass is 10.1. The third-order valence-electron chi connectivity index (χ3n) is 4.47. The summed E-state index contributed by atoms with van der Waals surface area (Å²) in [5.41, 5.74) is 1.27. The highest BCUT2D eigenvalue weighted by atomic mass is 15.3. The normalized spacial score (nSPS) is 20.6. The molecule has 5 heteroatoms. The Morgan fingerprint density at radius 1 is 1.25 bits per heavy atom. The van der Waals surface area contributed by atoms with Crippen molar-refractivity contribution in [1.82, 2.24) is 24.6 Å². The first kappa shape index (κ1) is 12.0. The highest BCUT2D eigenvalue weighted by Gasteiger charge is 2.32. The lowest BCUT2D eigenvalue weighted by Crippen LogP contribution is -2.36. The van der Waals surface area contributed by atoms with Crippen LogP contribution in [0.3, 0.4) is 0 Å². The molecule has 4 rings (SSSR count). The van der Waals surface area contributed by atoms with E-state index in [1.54, 1.807) is 0 Å². The highest BCUT2D eigenvalue weighted by molar-refractivity contribution is 5.15. The van der Waals surface area contributed by atoms with E-state index < -0.39 is 0 Å². The first-order chi connectivity index (χ1) is 9.83. The van der Waals surface area contributed by atoms with Crippen LogP contribution in [0.5, 0.6) is 0 Å². The molecule has 1 atom stereocenters. The number of aromatic nitrogens is 4. The van der Waals surface area contributed by atoms with Gasteiger partial charge < -0.3 is 4.57 Å². The van der Waals surface area contributed by atoms with Crippen molar-refractivity contribution in [2.24, 2.45) is 0 Å². The molecule has 0 aromatic carbocycles. The number of fused-ring (bicyclic) bond motifs is 1. The molecule has 3 heterocycles. The van der Waals surface area contributed by atoms with E-state index in [0.29, 0.717) is 12.0 Å². The second kappa shape index (κ2) is 4.66. The van der Waals surface area contributed by atoms with Gasteiger partial charge in [-0.05, 0) is 31.4 Å². The molecule has 0 bridgehead atoms. The van der Waals surface area contributed by atoms with Crippen LogP contribution in [-0.4, -0.2) is 31.2 Å². The van der Waals surface area contributed by atoms with Crippen LogP contribution in [0.15, 0.2) is 24.5 Å². The molecule has 0 saturated heterocycles. The molecule has 1 aliphatic heterocycles. The Labute approximate surface area is 118 Å². The van der Waals surface area contributed by atoms with E-state index in [9.17, 15) is 0 Å². The molecule has 104 valence electrons. The first-order valence-electron chi connectivity index (χ1n) is 7.39. The van der Waals surface area contributed by atoms with E-state index in [0.717, 1.165) is 25.5 Å². The maximum absolute atomic E-state index is 4.40. The van der Waals surface area contributed by atoms with Crippen molar-refractivity contribution in [1.29, 1.82) is 0 Å². The summed E-state index contributed by atoms with van der Waals surface area (Å²) in [6, 6.07) is 4.52. The van der Waals surface area contributed by atoms with Crippen LogP contribution < -0.4 is 0 Å². The van der Waals surface area contributed by atoms with Crippen molar-refractivity contribution in [3.63, 3.8) is 0 Å². The van der Waals surface area contributed by atoms with Gasteiger partial charge in [-0.3, -0.25) is 9.88 Å². The summed E-state index contributed by atoms with van der Waals surface area (Å²) in [5, 5.41) is 8.80. The molecule has 20 heavy (non-hydrogen) atoms. The van der Waals surface area contributed by atoms with Crippen LogP contribution in [0.25, 0.3) is 0 Å². The number of hydrogen-bond acceptors (Lipinski definition) is 4. The Bertz CT molecular complexity index is 602. The molecule has 2 aliphatic rings. The Kier molecular flexibility index (Phi) is 2.80. The van der Waals surface area contributed by atoms with Crippen molar-refractivity contribution in [3.8, 4) is 0 Å². The molecule has 5 nitrogen and oxygen atoms in total. The summed E-state index contributed by atoms with van der Waals surface area (Å²) in [4.78, 5) is 6.68. The fourth-order valence-electron chi connectivity index (χ4n) is 3.01. The zero-order valence-corrected chi connectivity index (χ0v) is 11.7. The van der Waals surface area contributed by atoms with E-state index in [2.05, 4.69) is 37.6 Å². The van der Waals surface area contributed by atoms with E-state index >= 15 is 0 Å². The van der Waals surface area contributed by atoms with Gasteiger partial charge in [0, 0.05) is 37.4 Å². The van der Waals surface area contributed by atoms with Crippen molar-refractivity contribution in [2.75, 3.05) is 6.54 Å². The molecule has 1 saturated carbocycles. The monoisotopic (exact) mass is 269 g/mol. The van der Waals surface area contributed by atoms with E-state index in [1.807, 2.05) is 18.5 Å². The summed E-state index contributed by atoms with van der Waals surface area (Å²) >= 11 is 0. The van der Waals surface area contributed by atoms with Gasteiger partial charge in [-0.2, -0.15) is 0 Å². The Hall–Kier alpha value is -1.75.